The maximum Gasteiger partial charge on any atom is 0.303 e. The van der Waals surface area contributed by atoms with E-state index in [2.05, 4.69) is 26.8 Å². The van der Waals surface area contributed by atoms with Gasteiger partial charge in [-0.15, -0.1) is 0 Å². The fraction of sp³-hybridized carbons (Fsp3) is 0.406. The third-order valence-corrected chi connectivity index (χ3v) is 7.06. The Kier molecular flexibility index (Phi) is 8.21. The molecule has 1 aliphatic carbocycles. The number of aliphatic carboxylic acids is 1. The van der Waals surface area contributed by atoms with Crippen LogP contribution in [0.4, 0.5) is 4.39 Å². The molecule has 0 radical (unpaired) electrons. The van der Waals surface area contributed by atoms with E-state index in [9.17, 15) is 14.3 Å². The van der Waals surface area contributed by atoms with E-state index in [1.807, 2.05) is 36.4 Å². The molecule has 0 heterocycles. The summed E-state index contributed by atoms with van der Waals surface area (Å²) in [6.07, 6.45) is 4.09. The van der Waals surface area contributed by atoms with E-state index >= 15 is 0 Å². The molecule has 1 saturated carbocycles. The molecule has 0 spiro atoms. The number of hydrogen-bond donors (Lipinski definition) is 1. The van der Waals surface area contributed by atoms with Gasteiger partial charge in [-0.25, -0.2) is 4.39 Å². The summed E-state index contributed by atoms with van der Waals surface area (Å²) in [5.74, 6) is 0.820. The summed E-state index contributed by atoms with van der Waals surface area (Å²) in [5, 5.41) is 9.36. The van der Waals surface area contributed by atoms with E-state index < -0.39 is 5.97 Å². The highest BCUT2D eigenvalue weighted by Crippen LogP contribution is 2.44. The Morgan fingerprint density at radius 1 is 1.03 bits per heavy atom. The number of carbonyl (C=O) groups is 1. The minimum absolute atomic E-state index is 0.0542. The zero-order chi connectivity index (χ0) is 26.6. The lowest BCUT2D eigenvalue weighted by molar-refractivity contribution is -0.137. The maximum atomic E-state index is 14.8. The number of carboxylic acid groups (broad SMARTS) is 1. The van der Waals surface area contributed by atoms with Crippen LogP contribution in [0.25, 0.3) is 11.1 Å². The second-order valence-electron chi connectivity index (χ2n) is 11.3. The van der Waals surface area contributed by atoms with Crippen molar-refractivity contribution in [1.29, 1.82) is 0 Å². The van der Waals surface area contributed by atoms with Crippen LogP contribution in [0, 0.1) is 17.2 Å². The fourth-order valence-electron chi connectivity index (χ4n) is 4.80. The Morgan fingerprint density at radius 2 is 1.78 bits per heavy atom. The van der Waals surface area contributed by atoms with Crippen molar-refractivity contribution >= 4 is 5.97 Å². The Labute approximate surface area is 219 Å². The van der Waals surface area contributed by atoms with E-state index in [4.69, 9.17) is 9.47 Å². The molecule has 0 bridgehead atoms. The van der Waals surface area contributed by atoms with Crippen LogP contribution in [-0.4, -0.2) is 18.2 Å². The molecule has 0 aromatic heterocycles. The van der Waals surface area contributed by atoms with Crippen molar-refractivity contribution in [2.45, 2.75) is 65.4 Å². The van der Waals surface area contributed by atoms with Gasteiger partial charge in [0.05, 0.1) is 13.5 Å². The van der Waals surface area contributed by atoms with E-state index in [-0.39, 0.29) is 23.6 Å². The molecule has 0 saturated heterocycles. The summed E-state index contributed by atoms with van der Waals surface area (Å²) in [6.45, 7) is 6.98. The van der Waals surface area contributed by atoms with Gasteiger partial charge in [0.2, 0.25) is 0 Å². The smallest absolute Gasteiger partial charge is 0.303 e. The van der Waals surface area contributed by atoms with Gasteiger partial charge in [0.15, 0.2) is 0 Å². The van der Waals surface area contributed by atoms with Gasteiger partial charge in [0.25, 0.3) is 0 Å². The number of methoxy groups -OCH3 is 1. The predicted molar refractivity (Wildman–Crippen MR) is 145 cm³/mol. The highest BCUT2D eigenvalue weighted by molar-refractivity contribution is 5.70. The first-order valence-electron chi connectivity index (χ1n) is 13.0. The van der Waals surface area contributed by atoms with Crippen molar-refractivity contribution in [2.75, 3.05) is 7.11 Å². The average Bonchev–Trinajstić information content (AvgIpc) is 3.70. The molecule has 3 aromatic carbocycles. The Hall–Kier alpha value is -3.34. The second-order valence-corrected chi connectivity index (χ2v) is 11.3. The van der Waals surface area contributed by atoms with E-state index in [0.717, 1.165) is 53.7 Å². The van der Waals surface area contributed by atoms with E-state index in [1.165, 1.54) is 6.07 Å². The van der Waals surface area contributed by atoms with Gasteiger partial charge in [0, 0.05) is 5.56 Å². The summed E-state index contributed by atoms with van der Waals surface area (Å²) < 4.78 is 26.4. The SMILES string of the molecule is COc1ccc(F)c(-c2ccc(OCc3cccc(C(CC(=O)O)C4CC4)c3)cc2CCC(C)(C)C)c1. The molecule has 1 aliphatic rings. The molecule has 4 nitrogen and oxygen atoms in total. The molecule has 1 fully saturated rings. The van der Waals surface area contributed by atoms with Gasteiger partial charge < -0.3 is 14.6 Å². The van der Waals surface area contributed by atoms with Crippen molar-refractivity contribution in [1.82, 2.24) is 0 Å². The van der Waals surface area contributed by atoms with Gasteiger partial charge >= 0.3 is 5.97 Å². The molecular formula is C32H37FO4. The summed E-state index contributed by atoms with van der Waals surface area (Å²) in [7, 11) is 1.58. The lowest BCUT2D eigenvalue weighted by Gasteiger charge is -2.20. The Bertz CT molecular complexity index is 1240. The number of carboxylic acids is 1. The van der Waals surface area contributed by atoms with Crippen LogP contribution in [0.1, 0.15) is 69.1 Å². The second kappa shape index (κ2) is 11.4. The van der Waals surface area contributed by atoms with E-state index in [1.54, 1.807) is 19.2 Å². The van der Waals surface area contributed by atoms with Gasteiger partial charge in [-0.1, -0.05) is 51.1 Å². The lowest BCUT2D eigenvalue weighted by Crippen LogP contribution is -2.09. The first kappa shape index (κ1) is 26.7. The monoisotopic (exact) mass is 504 g/mol. The molecule has 5 heteroatoms. The van der Waals surface area contributed by atoms with Crippen molar-refractivity contribution < 1.29 is 23.8 Å². The Balaban J connectivity index is 1.56. The molecule has 0 aliphatic heterocycles. The molecule has 4 rings (SSSR count). The van der Waals surface area contributed by atoms with Crippen LogP contribution in [-0.2, 0) is 17.8 Å². The van der Waals surface area contributed by atoms with Crippen molar-refractivity contribution in [3.05, 3.63) is 83.2 Å². The summed E-state index contributed by atoms with van der Waals surface area (Å²) in [6, 6.07) is 18.7. The number of aryl methyl sites for hydroxylation is 1. The minimum atomic E-state index is -0.756. The van der Waals surface area contributed by atoms with Crippen molar-refractivity contribution in [3.8, 4) is 22.6 Å². The summed E-state index contributed by atoms with van der Waals surface area (Å²) >= 11 is 0. The molecule has 3 aromatic rings. The van der Waals surface area contributed by atoms with Crippen molar-refractivity contribution in [2.24, 2.45) is 11.3 Å². The van der Waals surface area contributed by atoms with Crippen molar-refractivity contribution in [3.63, 3.8) is 0 Å². The number of hydrogen-bond acceptors (Lipinski definition) is 3. The largest absolute Gasteiger partial charge is 0.497 e. The maximum absolute atomic E-state index is 14.8. The van der Waals surface area contributed by atoms with Gasteiger partial charge in [-0.2, -0.15) is 0 Å². The standard InChI is InChI=1S/C32H37FO4/c1-32(2,3)15-14-24-17-26(10-12-27(24)29-18-25(36-4)11-13-30(29)33)37-20-21-6-5-7-23(16-21)28(19-31(34)35)22-8-9-22/h5-7,10-13,16-18,22,28H,8-9,14-15,19-20H2,1-4H3,(H,34,35). The molecule has 1 atom stereocenters. The van der Waals surface area contributed by atoms with Gasteiger partial charge in [-0.3, -0.25) is 4.79 Å². The number of ether oxygens (including phenoxy) is 2. The topological polar surface area (TPSA) is 55.8 Å². The molecule has 196 valence electrons. The van der Waals surface area contributed by atoms with Crippen LogP contribution < -0.4 is 9.47 Å². The Morgan fingerprint density at radius 3 is 2.46 bits per heavy atom. The van der Waals surface area contributed by atoms with E-state index in [0.29, 0.717) is 23.8 Å². The normalized spacial score (nSPS) is 14.3. The molecule has 37 heavy (non-hydrogen) atoms. The van der Waals surface area contributed by atoms with Crippen LogP contribution in [0.15, 0.2) is 60.7 Å². The number of rotatable bonds is 11. The first-order valence-corrected chi connectivity index (χ1v) is 13.0. The number of benzene rings is 3. The highest BCUT2D eigenvalue weighted by atomic mass is 19.1. The van der Waals surface area contributed by atoms with Crippen LogP contribution in [0.3, 0.4) is 0 Å². The lowest BCUT2D eigenvalue weighted by atomic mass is 9.86. The first-order chi connectivity index (χ1) is 17.6. The third-order valence-electron chi connectivity index (χ3n) is 7.06. The summed E-state index contributed by atoms with van der Waals surface area (Å²) in [4.78, 5) is 11.4. The molecular weight excluding hydrogens is 467 g/mol. The average molecular weight is 505 g/mol. The van der Waals surface area contributed by atoms with Gasteiger partial charge in [-0.05, 0) is 95.5 Å². The predicted octanol–water partition coefficient (Wildman–Crippen LogP) is 8.03. The minimum Gasteiger partial charge on any atom is -0.497 e. The molecule has 1 unspecified atom stereocenters. The highest BCUT2D eigenvalue weighted by Gasteiger charge is 2.33. The number of halogens is 1. The third kappa shape index (κ3) is 7.34. The summed E-state index contributed by atoms with van der Waals surface area (Å²) in [5.41, 5.74) is 4.61. The molecule has 1 N–H and O–H groups in total. The van der Waals surface area contributed by atoms with Crippen LogP contribution >= 0.6 is 0 Å². The fourth-order valence-corrected chi connectivity index (χ4v) is 4.80. The zero-order valence-corrected chi connectivity index (χ0v) is 22.2. The van der Waals surface area contributed by atoms with Crippen LogP contribution in [0.2, 0.25) is 0 Å². The van der Waals surface area contributed by atoms with Gasteiger partial charge in [0.1, 0.15) is 23.9 Å². The molecule has 0 amide bonds. The zero-order valence-electron chi connectivity index (χ0n) is 22.2. The quantitative estimate of drug-likeness (QED) is 0.287. The van der Waals surface area contributed by atoms with Crippen LogP contribution in [0.5, 0.6) is 11.5 Å².